The van der Waals surface area contributed by atoms with Gasteiger partial charge < -0.3 is 0 Å². The maximum Gasteiger partial charge on any atom is 0.265 e. The number of aryl methyl sites for hydroxylation is 2. The summed E-state index contributed by atoms with van der Waals surface area (Å²) in [6.07, 6.45) is 6.14. The molecule has 0 saturated heterocycles. The number of nitrogens with zero attached hydrogens (tertiary/aromatic N) is 4. The summed E-state index contributed by atoms with van der Waals surface area (Å²) in [5, 5.41) is 4.63. The van der Waals surface area contributed by atoms with E-state index in [9.17, 15) is 9.59 Å². The third-order valence-electron chi connectivity index (χ3n) is 7.39. The van der Waals surface area contributed by atoms with Gasteiger partial charge in [0.05, 0.1) is 0 Å². The Morgan fingerprint density at radius 3 is 1.53 bits per heavy atom. The van der Waals surface area contributed by atoms with Crippen LogP contribution in [0.2, 0.25) is 0 Å². The summed E-state index contributed by atoms with van der Waals surface area (Å²) in [7, 11) is 0. The van der Waals surface area contributed by atoms with Gasteiger partial charge in [0.2, 0.25) is 0 Å². The van der Waals surface area contributed by atoms with E-state index in [1.54, 1.807) is 31.5 Å². The van der Waals surface area contributed by atoms with Crippen molar-refractivity contribution in [3.63, 3.8) is 0 Å². The Balaban J connectivity index is 1.47. The summed E-state index contributed by atoms with van der Waals surface area (Å²) in [6, 6.07) is 11.9. The molecule has 0 atom stereocenters. The molecule has 6 aromatic heterocycles. The van der Waals surface area contributed by atoms with Gasteiger partial charge in [0, 0.05) is 42.1 Å². The molecule has 0 fully saturated rings. The molecule has 188 valence electrons. The summed E-state index contributed by atoms with van der Waals surface area (Å²) in [4.78, 5) is 41.9. The molecule has 8 aromatic rings. The molecule has 8 rings (SSSR count). The van der Waals surface area contributed by atoms with E-state index >= 15 is 0 Å². The van der Waals surface area contributed by atoms with Crippen molar-refractivity contribution in [2.45, 2.75) is 12.8 Å². The van der Waals surface area contributed by atoms with Crippen molar-refractivity contribution < 1.29 is 0 Å². The molecule has 6 nitrogen and oxygen atoms in total. The fraction of sp³-hybridized carbons (Fsp3) is 0.214. The van der Waals surface area contributed by atoms with Gasteiger partial charge >= 0.3 is 0 Å². The molecule has 2 aromatic carbocycles. The highest BCUT2D eigenvalue weighted by Crippen LogP contribution is 2.38. The molecule has 0 saturated carbocycles. The highest BCUT2D eigenvalue weighted by molar-refractivity contribution is 7.98. The number of rotatable bonds is 6. The zero-order valence-corrected chi connectivity index (χ0v) is 23.8. The number of pyridine rings is 2. The number of imidazole rings is 2. The highest BCUT2D eigenvalue weighted by atomic mass is 32.2. The molecule has 0 spiro atoms. The first-order valence-electron chi connectivity index (χ1n) is 12.3. The normalized spacial score (nSPS) is 12.8. The predicted octanol–water partition coefficient (Wildman–Crippen LogP) is 6.28. The van der Waals surface area contributed by atoms with Crippen molar-refractivity contribution in [1.82, 2.24) is 18.8 Å². The van der Waals surface area contributed by atoms with Gasteiger partial charge in [-0.3, -0.25) is 9.59 Å². The first kappa shape index (κ1) is 23.0. The van der Waals surface area contributed by atoms with E-state index in [0.717, 1.165) is 66.6 Å². The third kappa shape index (κ3) is 2.97. The summed E-state index contributed by atoms with van der Waals surface area (Å²) < 4.78 is 3.53. The SMILES string of the molecule is CSCCc1cc2nc3c4ccc5c(=O)n6c(nc7cc(CCSC)sc76)c6ccc(c(=O)n3c2s1)c4c56. The predicted molar refractivity (Wildman–Crippen MR) is 166 cm³/mol. The second kappa shape index (κ2) is 8.29. The number of benzene rings is 2. The fourth-order valence-corrected chi connectivity index (χ4v) is 8.99. The van der Waals surface area contributed by atoms with Crippen LogP contribution in [0.5, 0.6) is 0 Å². The second-order valence-electron chi connectivity index (χ2n) is 9.52. The van der Waals surface area contributed by atoms with Crippen LogP contribution in [0.15, 0.2) is 46.0 Å². The molecule has 0 aliphatic heterocycles. The van der Waals surface area contributed by atoms with Gasteiger partial charge in [-0.25, -0.2) is 18.8 Å². The average Bonchev–Trinajstić information content (AvgIpc) is 3.66. The molecule has 0 aliphatic rings. The molecule has 38 heavy (non-hydrogen) atoms. The summed E-state index contributed by atoms with van der Waals surface area (Å²) in [5.74, 6) is 2.08. The third-order valence-corrected chi connectivity index (χ3v) is 10.9. The first-order chi connectivity index (χ1) is 18.6. The minimum atomic E-state index is -0.0854. The van der Waals surface area contributed by atoms with Crippen LogP contribution >= 0.6 is 46.2 Å². The van der Waals surface area contributed by atoms with E-state index in [4.69, 9.17) is 9.97 Å². The standard InChI is InChI=1S/C28H20N4O2S4/c1-35-9-7-13-11-19-27(37-13)31-23(29-19)15-3-6-18-22-16(4-5-17(21(15)22)25(31)33)24-30-20-12-14(8-10-36-2)38-28(20)32(24)26(18)34/h3-6,11-12H,7-10H2,1-2H3. The molecule has 0 radical (unpaired) electrons. The molecule has 6 heterocycles. The lowest BCUT2D eigenvalue weighted by Crippen LogP contribution is -2.16. The quantitative estimate of drug-likeness (QED) is 0.219. The summed E-state index contributed by atoms with van der Waals surface area (Å²) in [6.45, 7) is 0. The van der Waals surface area contributed by atoms with Crippen LogP contribution in [-0.2, 0) is 12.8 Å². The lowest BCUT2D eigenvalue weighted by atomic mass is 9.96. The topological polar surface area (TPSA) is 68.7 Å². The van der Waals surface area contributed by atoms with Crippen LogP contribution in [0.4, 0.5) is 0 Å². The van der Waals surface area contributed by atoms with E-state index in [1.807, 2.05) is 47.8 Å². The van der Waals surface area contributed by atoms with Crippen molar-refractivity contribution >= 4 is 111 Å². The zero-order valence-electron chi connectivity index (χ0n) is 20.5. The van der Waals surface area contributed by atoms with Crippen molar-refractivity contribution in [2.75, 3.05) is 24.0 Å². The van der Waals surface area contributed by atoms with Gasteiger partial charge in [-0.2, -0.15) is 23.5 Å². The van der Waals surface area contributed by atoms with Crippen molar-refractivity contribution in [3.05, 3.63) is 66.9 Å². The van der Waals surface area contributed by atoms with Crippen LogP contribution in [0.1, 0.15) is 9.75 Å². The molecule has 0 N–H and O–H groups in total. The van der Waals surface area contributed by atoms with Gasteiger partial charge in [-0.15, -0.1) is 22.7 Å². The fourth-order valence-electron chi connectivity index (χ4n) is 5.70. The molecular formula is C28H20N4O2S4. The van der Waals surface area contributed by atoms with Gasteiger partial charge in [-0.1, -0.05) is 0 Å². The smallest absolute Gasteiger partial charge is 0.265 e. The first-order valence-corrected chi connectivity index (χ1v) is 16.7. The number of thioether (sulfide) groups is 2. The van der Waals surface area contributed by atoms with Crippen LogP contribution < -0.4 is 11.1 Å². The van der Waals surface area contributed by atoms with Crippen molar-refractivity contribution in [3.8, 4) is 0 Å². The number of aromatic nitrogens is 4. The lowest BCUT2D eigenvalue weighted by Gasteiger charge is -2.11. The Hall–Kier alpha value is -2.92. The highest BCUT2D eigenvalue weighted by Gasteiger charge is 2.23. The average molecular weight is 573 g/mol. The maximum atomic E-state index is 13.9. The lowest BCUT2D eigenvalue weighted by molar-refractivity contribution is 1.19. The molecule has 0 bridgehead atoms. The number of hydrogen-bond donors (Lipinski definition) is 0. The Kier molecular flexibility index (Phi) is 5.02. The molecule has 0 unspecified atom stereocenters. The number of fused-ring (bicyclic) bond motifs is 8. The Morgan fingerprint density at radius 2 is 1.11 bits per heavy atom. The van der Waals surface area contributed by atoms with Crippen LogP contribution in [0, 0.1) is 0 Å². The van der Waals surface area contributed by atoms with Gasteiger partial charge in [0.1, 0.15) is 32.0 Å². The Morgan fingerprint density at radius 1 is 0.684 bits per heavy atom. The largest absolute Gasteiger partial charge is 0.268 e. The van der Waals surface area contributed by atoms with Crippen LogP contribution in [0.25, 0.3) is 64.3 Å². The number of hydrogen-bond acceptors (Lipinski definition) is 8. The minimum absolute atomic E-state index is 0.0854. The van der Waals surface area contributed by atoms with E-state index < -0.39 is 0 Å². The van der Waals surface area contributed by atoms with E-state index in [2.05, 4.69) is 24.6 Å². The van der Waals surface area contributed by atoms with Gasteiger partial charge in [-0.05, 0) is 73.3 Å². The van der Waals surface area contributed by atoms with Gasteiger partial charge in [0.15, 0.2) is 0 Å². The zero-order chi connectivity index (χ0) is 25.7. The maximum absolute atomic E-state index is 13.9. The van der Waals surface area contributed by atoms with Crippen LogP contribution in [0.3, 0.4) is 0 Å². The van der Waals surface area contributed by atoms with E-state index in [-0.39, 0.29) is 11.1 Å². The molecular weight excluding hydrogens is 553 g/mol. The monoisotopic (exact) mass is 572 g/mol. The molecule has 0 aliphatic carbocycles. The van der Waals surface area contributed by atoms with E-state index in [1.165, 1.54) is 9.75 Å². The molecule has 0 amide bonds. The minimum Gasteiger partial charge on any atom is -0.268 e. The molecule has 10 heteroatoms. The Bertz CT molecular complexity index is 2160. The van der Waals surface area contributed by atoms with Crippen molar-refractivity contribution in [1.29, 1.82) is 0 Å². The number of thiophene rings is 2. The van der Waals surface area contributed by atoms with E-state index in [0.29, 0.717) is 22.1 Å². The summed E-state index contributed by atoms with van der Waals surface area (Å²) >= 11 is 6.92. The summed E-state index contributed by atoms with van der Waals surface area (Å²) in [5.41, 5.74) is 2.86. The van der Waals surface area contributed by atoms with Crippen LogP contribution in [-0.4, -0.2) is 42.8 Å². The Labute approximate surface area is 232 Å². The second-order valence-corrected chi connectivity index (χ2v) is 13.7. The van der Waals surface area contributed by atoms with Gasteiger partial charge in [0.25, 0.3) is 11.1 Å². The van der Waals surface area contributed by atoms with Crippen molar-refractivity contribution in [2.24, 2.45) is 0 Å².